The molecule has 0 atom stereocenters. The molecule has 0 aromatic heterocycles. The van der Waals surface area contributed by atoms with Crippen LogP contribution in [0.5, 0.6) is 0 Å². The molecule has 0 bridgehead atoms. The third-order valence-electron chi connectivity index (χ3n) is 5.26. The van der Waals surface area contributed by atoms with E-state index in [-0.39, 0.29) is 0 Å². The van der Waals surface area contributed by atoms with Gasteiger partial charge in [0.1, 0.15) is 0 Å². The largest absolute Gasteiger partial charge is 0.368 e. The number of piperazine rings is 1. The van der Waals surface area contributed by atoms with Gasteiger partial charge in [-0.05, 0) is 37.0 Å². The van der Waals surface area contributed by atoms with Crippen molar-refractivity contribution in [1.29, 1.82) is 0 Å². The summed E-state index contributed by atoms with van der Waals surface area (Å²) in [7, 11) is 0. The van der Waals surface area contributed by atoms with E-state index in [1.807, 2.05) is 0 Å². The average molecular weight is 300 g/mol. The lowest BCUT2D eigenvalue weighted by molar-refractivity contribution is -0.136. The number of benzene rings is 1. The van der Waals surface area contributed by atoms with Crippen LogP contribution >= 0.6 is 0 Å². The quantitative estimate of drug-likeness (QED) is 0.853. The minimum atomic E-state index is 0.309. The highest BCUT2D eigenvalue weighted by atomic mass is 16.2. The summed E-state index contributed by atoms with van der Waals surface area (Å²) in [6.45, 7) is 5.87. The van der Waals surface area contributed by atoms with Crippen LogP contribution in [-0.4, -0.2) is 37.0 Å². The molecule has 1 amide bonds. The lowest BCUT2D eigenvalue weighted by atomic mass is 9.88. The molecule has 1 saturated carbocycles. The van der Waals surface area contributed by atoms with Crippen molar-refractivity contribution in [3.8, 4) is 0 Å². The van der Waals surface area contributed by atoms with Crippen LogP contribution in [0, 0.1) is 5.92 Å². The van der Waals surface area contributed by atoms with E-state index < -0.39 is 0 Å². The monoisotopic (exact) mass is 300 g/mol. The maximum Gasteiger partial charge on any atom is 0.225 e. The van der Waals surface area contributed by atoms with Gasteiger partial charge < -0.3 is 9.80 Å². The Labute approximate surface area is 134 Å². The van der Waals surface area contributed by atoms with E-state index in [9.17, 15) is 4.79 Å². The lowest BCUT2D eigenvalue weighted by Crippen LogP contribution is -2.50. The molecule has 1 saturated heterocycles. The van der Waals surface area contributed by atoms with E-state index in [1.165, 1.54) is 30.5 Å². The molecule has 0 N–H and O–H groups in total. The van der Waals surface area contributed by atoms with Crippen molar-refractivity contribution in [3.05, 3.63) is 29.8 Å². The summed E-state index contributed by atoms with van der Waals surface area (Å²) in [5.74, 6) is 0.727. The second kappa shape index (κ2) is 7.17. The van der Waals surface area contributed by atoms with Crippen LogP contribution in [-0.2, 0) is 11.2 Å². The lowest BCUT2D eigenvalue weighted by Gasteiger charge is -2.38. The minimum absolute atomic E-state index is 0.309. The summed E-state index contributed by atoms with van der Waals surface area (Å²) >= 11 is 0. The standard InChI is InChI=1S/C19H28N2O/c1-2-16-8-10-18(11-9-16)20-12-14-21(15-13-20)19(22)17-6-4-3-5-7-17/h8-11,17H,2-7,12-15H2,1H3. The van der Waals surface area contributed by atoms with Gasteiger partial charge in [-0.15, -0.1) is 0 Å². The Balaban J connectivity index is 1.54. The van der Waals surface area contributed by atoms with Crippen molar-refractivity contribution in [2.75, 3.05) is 31.1 Å². The molecule has 1 heterocycles. The molecule has 0 radical (unpaired) electrons. The van der Waals surface area contributed by atoms with Crippen LogP contribution in [0.4, 0.5) is 5.69 Å². The number of carbonyl (C=O) groups is 1. The Hall–Kier alpha value is -1.51. The molecule has 120 valence electrons. The van der Waals surface area contributed by atoms with Crippen molar-refractivity contribution in [2.45, 2.75) is 45.4 Å². The van der Waals surface area contributed by atoms with E-state index in [4.69, 9.17) is 0 Å². The van der Waals surface area contributed by atoms with Gasteiger partial charge in [0.05, 0.1) is 0 Å². The fourth-order valence-electron chi connectivity index (χ4n) is 3.74. The normalized spacial score (nSPS) is 20.2. The first-order valence-electron chi connectivity index (χ1n) is 8.90. The number of hydrogen-bond donors (Lipinski definition) is 0. The number of carbonyl (C=O) groups excluding carboxylic acids is 1. The molecule has 3 rings (SSSR count). The van der Waals surface area contributed by atoms with E-state index in [0.717, 1.165) is 45.4 Å². The number of hydrogen-bond acceptors (Lipinski definition) is 2. The highest BCUT2D eigenvalue weighted by Crippen LogP contribution is 2.26. The van der Waals surface area contributed by atoms with Crippen LogP contribution in [0.15, 0.2) is 24.3 Å². The van der Waals surface area contributed by atoms with Gasteiger partial charge in [-0.2, -0.15) is 0 Å². The molecule has 1 aliphatic carbocycles. The Morgan fingerprint density at radius 1 is 1.00 bits per heavy atom. The molecule has 3 nitrogen and oxygen atoms in total. The predicted molar refractivity (Wildman–Crippen MR) is 91.2 cm³/mol. The van der Waals surface area contributed by atoms with Crippen molar-refractivity contribution >= 4 is 11.6 Å². The van der Waals surface area contributed by atoms with Gasteiger partial charge in [-0.1, -0.05) is 38.3 Å². The van der Waals surface area contributed by atoms with Gasteiger partial charge in [0.2, 0.25) is 5.91 Å². The minimum Gasteiger partial charge on any atom is -0.368 e. The number of amides is 1. The molecule has 2 fully saturated rings. The third-order valence-corrected chi connectivity index (χ3v) is 5.26. The highest BCUT2D eigenvalue weighted by Gasteiger charge is 2.28. The van der Waals surface area contributed by atoms with Crippen LogP contribution < -0.4 is 4.90 Å². The van der Waals surface area contributed by atoms with Crippen molar-refractivity contribution in [3.63, 3.8) is 0 Å². The van der Waals surface area contributed by atoms with E-state index in [0.29, 0.717) is 11.8 Å². The fraction of sp³-hybridized carbons (Fsp3) is 0.632. The summed E-state index contributed by atoms with van der Waals surface area (Å²) in [6.07, 6.45) is 7.09. The maximum atomic E-state index is 12.6. The van der Waals surface area contributed by atoms with Gasteiger partial charge >= 0.3 is 0 Å². The van der Waals surface area contributed by atoms with Gasteiger partial charge in [0.25, 0.3) is 0 Å². The van der Waals surface area contributed by atoms with E-state index in [1.54, 1.807) is 0 Å². The zero-order chi connectivity index (χ0) is 15.4. The van der Waals surface area contributed by atoms with Crippen LogP contribution in [0.1, 0.15) is 44.6 Å². The zero-order valence-corrected chi connectivity index (χ0v) is 13.8. The first-order valence-corrected chi connectivity index (χ1v) is 8.90. The van der Waals surface area contributed by atoms with Gasteiger partial charge in [0, 0.05) is 37.8 Å². The molecule has 1 aromatic rings. The molecule has 1 aromatic carbocycles. The van der Waals surface area contributed by atoms with Gasteiger partial charge in [-0.25, -0.2) is 0 Å². The average Bonchev–Trinajstić information content (AvgIpc) is 2.62. The Morgan fingerprint density at radius 3 is 2.23 bits per heavy atom. The molecule has 0 spiro atoms. The highest BCUT2D eigenvalue weighted by molar-refractivity contribution is 5.79. The fourth-order valence-corrected chi connectivity index (χ4v) is 3.74. The Kier molecular flexibility index (Phi) is 5.01. The van der Waals surface area contributed by atoms with Crippen molar-refractivity contribution in [1.82, 2.24) is 4.90 Å². The van der Waals surface area contributed by atoms with Crippen LogP contribution in [0.25, 0.3) is 0 Å². The van der Waals surface area contributed by atoms with E-state index >= 15 is 0 Å². The molecule has 0 unspecified atom stereocenters. The Bertz CT molecular complexity index is 483. The van der Waals surface area contributed by atoms with Gasteiger partial charge in [0.15, 0.2) is 0 Å². The molecule has 22 heavy (non-hydrogen) atoms. The SMILES string of the molecule is CCc1ccc(N2CCN(C(=O)C3CCCCC3)CC2)cc1. The van der Waals surface area contributed by atoms with Crippen LogP contribution in [0.3, 0.4) is 0 Å². The number of aryl methyl sites for hydroxylation is 1. The molecule has 3 heteroatoms. The summed E-state index contributed by atoms with van der Waals surface area (Å²) < 4.78 is 0. The molecular weight excluding hydrogens is 272 g/mol. The first-order chi connectivity index (χ1) is 10.8. The molecular formula is C19H28N2O. The molecule has 2 aliphatic rings. The summed E-state index contributed by atoms with van der Waals surface area (Å²) in [5, 5.41) is 0. The van der Waals surface area contributed by atoms with Crippen LogP contribution in [0.2, 0.25) is 0 Å². The zero-order valence-electron chi connectivity index (χ0n) is 13.8. The van der Waals surface area contributed by atoms with Crippen molar-refractivity contribution in [2.24, 2.45) is 5.92 Å². The first kappa shape index (κ1) is 15.4. The summed E-state index contributed by atoms with van der Waals surface area (Å²) in [6, 6.07) is 8.87. The summed E-state index contributed by atoms with van der Waals surface area (Å²) in [5.41, 5.74) is 2.68. The van der Waals surface area contributed by atoms with E-state index in [2.05, 4.69) is 41.0 Å². The van der Waals surface area contributed by atoms with Crippen molar-refractivity contribution < 1.29 is 4.79 Å². The Morgan fingerprint density at radius 2 is 1.64 bits per heavy atom. The summed E-state index contributed by atoms with van der Waals surface area (Å²) in [4.78, 5) is 17.1. The number of nitrogens with zero attached hydrogens (tertiary/aromatic N) is 2. The molecule has 1 aliphatic heterocycles. The smallest absolute Gasteiger partial charge is 0.225 e. The second-order valence-corrected chi connectivity index (χ2v) is 6.67. The topological polar surface area (TPSA) is 23.6 Å². The maximum absolute atomic E-state index is 12.6. The number of rotatable bonds is 3. The second-order valence-electron chi connectivity index (χ2n) is 6.67. The number of anilines is 1. The predicted octanol–water partition coefficient (Wildman–Crippen LogP) is 3.48. The van der Waals surface area contributed by atoms with Gasteiger partial charge in [-0.3, -0.25) is 4.79 Å². The third kappa shape index (κ3) is 3.45.